The van der Waals surface area contributed by atoms with E-state index in [1.54, 1.807) is 22.9 Å². The molecule has 4 aromatic rings. The van der Waals surface area contributed by atoms with Crippen LogP contribution in [-0.4, -0.2) is 41.0 Å². The number of carbonyl (C=O) groups is 2. The molecule has 0 aliphatic heterocycles. The van der Waals surface area contributed by atoms with Gasteiger partial charge in [0.2, 0.25) is 0 Å². The molecule has 0 bridgehead atoms. The molecule has 4 rings (SSSR count). The molecule has 1 aromatic heterocycles. The molecule has 0 spiro atoms. The lowest BCUT2D eigenvalue weighted by atomic mass is 10.1. The Hall–Kier alpha value is -4.24. The Morgan fingerprint density at radius 2 is 1.84 bits per heavy atom. The molecular weight excluding hydrogens is 534 g/mol. The molecule has 0 fully saturated rings. The van der Waals surface area contributed by atoms with Crippen LogP contribution in [0.15, 0.2) is 94.6 Å². The Labute approximate surface area is 223 Å². The third kappa shape index (κ3) is 7.14. The second-order valence-corrected chi connectivity index (χ2v) is 8.99. The number of ether oxygens (including phenoxy) is 1. The van der Waals surface area contributed by atoms with Gasteiger partial charge >= 0.3 is 0 Å². The van der Waals surface area contributed by atoms with Gasteiger partial charge in [-0.25, -0.2) is 10.1 Å². The molecule has 0 atom stereocenters. The highest BCUT2D eigenvalue weighted by atomic mass is 79.9. The minimum atomic E-state index is -0.450. The summed E-state index contributed by atoms with van der Waals surface area (Å²) in [7, 11) is 0. The highest BCUT2D eigenvalue weighted by Gasteiger charge is 2.12. The van der Waals surface area contributed by atoms with Crippen LogP contribution in [0.25, 0.3) is 16.9 Å². The van der Waals surface area contributed by atoms with Crippen LogP contribution in [0.1, 0.15) is 29.3 Å². The van der Waals surface area contributed by atoms with Crippen molar-refractivity contribution >= 4 is 34.0 Å². The van der Waals surface area contributed by atoms with E-state index in [2.05, 4.69) is 38.7 Å². The number of hydrogen-bond acceptors (Lipinski definition) is 5. The molecule has 0 saturated heterocycles. The molecule has 0 saturated carbocycles. The SMILES string of the molecule is CCCOc1ccc(-c2nn(-c3ccccc3)cc2C=NNC(=O)CNC(=O)c2cccc(Br)c2)cc1. The number of hydrogen-bond donors (Lipinski definition) is 2. The van der Waals surface area contributed by atoms with E-state index in [-0.39, 0.29) is 12.5 Å². The highest BCUT2D eigenvalue weighted by Crippen LogP contribution is 2.25. The average Bonchev–Trinajstić information content (AvgIpc) is 3.35. The number of amides is 2. The zero-order chi connectivity index (χ0) is 26.0. The first-order chi connectivity index (χ1) is 18.0. The summed E-state index contributed by atoms with van der Waals surface area (Å²) < 4.78 is 8.23. The summed E-state index contributed by atoms with van der Waals surface area (Å²) in [6, 6.07) is 24.3. The normalized spacial score (nSPS) is 10.9. The van der Waals surface area contributed by atoms with Crippen molar-refractivity contribution in [2.45, 2.75) is 13.3 Å². The zero-order valence-electron chi connectivity index (χ0n) is 20.2. The van der Waals surface area contributed by atoms with Crippen LogP contribution in [0.4, 0.5) is 0 Å². The largest absolute Gasteiger partial charge is 0.494 e. The minimum absolute atomic E-state index is 0.210. The fourth-order valence-corrected chi connectivity index (χ4v) is 3.85. The number of nitrogens with one attached hydrogen (secondary N) is 2. The number of halogens is 1. The summed E-state index contributed by atoms with van der Waals surface area (Å²) in [6.07, 6.45) is 4.32. The Bertz CT molecular complexity index is 1380. The summed E-state index contributed by atoms with van der Waals surface area (Å²) in [4.78, 5) is 24.5. The molecular formula is C28H26BrN5O3. The monoisotopic (exact) mass is 559 g/mol. The standard InChI is InChI=1S/C28H26BrN5O3/c1-2-15-37-25-13-11-20(12-14-25)27-22(19-34(33-27)24-9-4-3-5-10-24)17-31-32-26(35)18-30-28(36)21-7-6-8-23(29)16-21/h3-14,16-17,19H,2,15,18H2,1H3,(H,30,36)(H,32,35). The lowest BCUT2D eigenvalue weighted by Crippen LogP contribution is -2.34. The summed E-state index contributed by atoms with van der Waals surface area (Å²) in [5.41, 5.74) is 6.10. The van der Waals surface area contributed by atoms with Crippen molar-refractivity contribution in [2.75, 3.05) is 13.2 Å². The van der Waals surface area contributed by atoms with Crippen LogP contribution < -0.4 is 15.5 Å². The van der Waals surface area contributed by atoms with Gasteiger partial charge in [-0.1, -0.05) is 47.1 Å². The lowest BCUT2D eigenvalue weighted by molar-refractivity contribution is -0.120. The van der Waals surface area contributed by atoms with E-state index in [4.69, 9.17) is 9.84 Å². The predicted octanol–water partition coefficient (Wildman–Crippen LogP) is 4.97. The Morgan fingerprint density at radius 3 is 2.57 bits per heavy atom. The number of benzene rings is 3. The van der Waals surface area contributed by atoms with E-state index in [9.17, 15) is 9.59 Å². The Balaban J connectivity index is 1.46. The van der Waals surface area contributed by atoms with Gasteiger partial charge in [-0.15, -0.1) is 0 Å². The van der Waals surface area contributed by atoms with Gasteiger partial charge in [-0.2, -0.15) is 10.2 Å². The number of hydrazone groups is 1. The first kappa shape index (κ1) is 25.8. The van der Waals surface area contributed by atoms with E-state index < -0.39 is 5.91 Å². The van der Waals surface area contributed by atoms with Crippen LogP contribution in [0, 0.1) is 0 Å². The minimum Gasteiger partial charge on any atom is -0.494 e. The fraction of sp³-hybridized carbons (Fsp3) is 0.143. The molecule has 2 N–H and O–H groups in total. The maximum Gasteiger partial charge on any atom is 0.259 e. The second-order valence-electron chi connectivity index (χ2n) is 8.07. The van der Waals surface area contributed by atoms with Crippen LogP contribution in [0.2, 0.25) is 0 Å². The topological polar surface area (TPSA) is 97.6 Å². The summed E-state index contributed by atoms with van der Waals surface area (Å²) in [5.74, 6) is -0.00674. The second kappa shape index (κ2) is 12.6. The van der Waals surface area contributed by atoms with Gasteiger partial charge in [0, 0.05) is 27.4 Å². The fourth-order valence-electron chi connectivity index (χ4n) is 3.45. The summed E-state index contributed by atoms with van der Waals surface area (Å²) in [5, 5.41) is 11.4. The van der Waals surface area contributed by atoms with Crippen molar-refractivity contribution in [1.82, 2.24) is 20.5 Å². The van der Waals surface area contributed by atoms with E-state index in [0.717, 1.165) is 27.9 Å². The predicted molar refractivity (Wildman–Crippen MR) is 147 cm³/mol. The number of rotatable bonds is 10. The maximum atomic E-state index is 12.3. The number of aromatic nitrogens is 2. The summed E-state index contributed by atoms with van der Waals surface area (Å²) >= 11 is 3.33. The molecule has 0 aliphatic rings. The molecule has 188 valence electrons. The van der Waals surface area contributed by atoms with Crippen molar-refractivity contribution in [3.05, 3.63) is 101 Å². The lowest BCUT2D eigenvalue weighted by Gasteiger charge is -2.05. The van der Waals surface area contributed by atoms with Crippen LogP contribution >= 0.6 is 15.9 Å². The van der Waals surface area contributed by atoms with Crippen molar-refractivity contribution in [3.63, 3.8) is 0 Å². The molecule has 3 aromatic carbocycles. The number of para-hydroxylation sites is 1. The van der Waals surface area contributed by atoms with Crippen molar-refractivity contribution < 1.29 is 14.3 Å². The number of carbonyl (C=O) groups excluding carboxylic acids is 2. The molecule has 9 heteroatoms. The van der Waals surface area contributed by atoms with Gasteiger partial charge < -0.3 is 10.1 Å². The first-order valence-electron chi connectivity index (χ1n) is 11.8. The van der Waals surface area contributed by atoms with E-state index >= 15 is 0 Å². The van der Waals surface area contributed by atoms with Crippen LogP contribution in [-0.2, 0) is 4.79 Å². The zero-order valence-corrected chi connectivity index (χ0v) is 21.8. The highest BCUT2D eigenvalue weighted by molar-refractivity contribution is 9.10. The maximum absolute atomic E-state index is 12.3. The van der Waals surface area contributed by atoms with E-state index in [1.165, 1.54) is 6.21 Å². The van der Waals surface area contributed by atoms with Gasteiger partial charge in [0.1, 0.15) is 11.4 Å². The van der Waals surface area contributed by atoms with Crippen molar-refractivity contribution in [3.8, 4) is 22.7 Å². The van der Waals surface area contributed by atoms with Gasteiger partial charge in [0.15, 0.2) is 0 Å². The molecule has 1 heterocycles. The molecule has 0 radical (unpaired) electrons. The van der Waals surface area contributed by atoms with Crippen LogP contribution in [0.3, 0.4) is 0 Å². The third-order valence-corrected chi connectivity index (χ3v) is 5.75. The third-order valence-electron chi connectivity index (χ3n) is 5.25. The smallest absolute Gasteiger partial charge is 0.259 e. The van der Waals surface area contributed by atoms with Crippen molar-refractivity contribution in [2.24, 2.45) is 5.10 Å². The van der Waals surface area contributed by atoms with Crippen molar-refractivity contribution in [1.29, 1.82) is 0 Å². The first-order valence-corrected chi connectivity index (χ1v) is 12.6. The molecule has 0 unspecified atom stereocenters. The average molecular weight is 560 g/mol. The van der Waals surface area contributed by atoms with Gasteiger partial charge in [0.05, 0.1) is 25.1 Å². The van der Waals surface area contributed by atoms with Crippen LogP contribution in [0.5, 0.6) is 5.75 Å². The Kier molecular flexibility index (Phi) is 8.83. The molecule has 2 amide bonds. The molecule has 8 nitrogen and oxygen atoms in total. The van der Waals surface area contributed by atoms with Gasteiger partial charge in [-0.3, -0.25) is 9.59 Å². The van der Waals surface area contributed by atoms with Gasteiger partial charge in [-0.05, 0) is 61.0 Å². The van der Waals surface area contributed by atoms with E-state index in [0.29, 0.717) is 23.4 Å². The number of nitrogens with zero attached hydrogens (tertiary/aromatic N) is 3. The molecule has 0 aliphatic carbocycles. The van der Waals surface area contributed by atoms with Gasteiger partial charge in [0.25, 0.3) is 11.8 Å². The van der Waals surface area contributed by atoms with E-state index in [1.807, 2.05) is 66.9 Å². The Morgan fingerprint density at radius 1 is 1.05 bits per heavy atom. The summed E-state index contributed by atoms with van der Waals surface area (Å²) in [6.45, 7) is 2.51. The quantitative estimate of drug-likeness (QED) is 0.212. The molecule has 37 heavy (non-hydrogen) atoms.